The lowest BCUT2D eigenvalue weighted by atomic mass is 10.1. The Balaban J connectivity index is 2.00. The third kappa shape index (κ3) is 1.62. The van der Waals surface area contributed by atoms with Gasteiger partial charge < -0.3 is 5.11 Å². The van der Waals surface area contributed by atoms with Gasteiger partial charge in [0.25, 0.3) is 0 Å². The Morgan fingerprint density at radius 3 is 3.00 bits per heavy atom. The molecule has 0 radical (unpaired) electrons. The van der Waals surface area contributed by atoms with E-state index in [4.69, 9.17) is 5.11 Å². The Morgan fingerprint density at radius 2 is 2.28 bits per heavy atom. The summed E-state index contributed by atoms with van der Waals surface area (Å²) in [5, 5.41) is 18.3. The molecule has 1 N–H and O–H groups in total. The number of fused-ring (bicyclic) bond motifs is 1. The lowest BCUT2D eigenvalue weighted by Gasteiger charge is -2.18. The first-order valence-electron chi connectivity index (χ1n) is 5.68. The number of carboxylic acid groups (broad SMARTS) is 1. The molecular weight excluding hydrogens is 232 g/mol. The van der Waals surface area contributed by atoms with Crippen LogP contribution in [0.2, 0.25) is 0 Å². The standard InChI is InChI=1S/C12H12N4O2/c1-8-2-3-9-4-5-15(11(9)6-8)16-7-10(12(17)18)13-14-16/h2-3,6-7H,4-5H2,1H3,(H,17,18). The van der Waals surface area contributed by atoms with Gasteiger partial charge in [-0.05, 0) is 35.8 Å². The molecule has 2 aromatic rings. The fourth-order valence-electron chi connectivity index (χ4n) is 2.16. The highest BCUT2D eigenvalue weighted by Crippen LogP contribution is 2.28. The van der Waals surface area contributed by atoms with E-state index in [0.29, 0.717) is 0 Å². The summed E-state index contributed by atoms with van der Waals surface area (Å²) in [6.07, 6.45) is 2.36. The number of benzene rings is 1. The van der Waals surface area contributed by atoms with Gasteiger partial charge in [0, 0.05) is 6.54 Å². The fraction of sp³-hybridized carbons (Fsp3) is 0.250. The molecule has 0 aliphatic carbocycles. The Morgan fingerprint density at radius 1 is 1.44 bits per heavy atom. The number of aromatic nitrogens is 3. The molecule has 3 rings (SSSR count). The normalized spacial score (nSPS) is 13.7. The Bertz CT molecular complexity index is 620. The van der Waals surface area contributed by atoms with Crippen molar-refractivity contribution in [2.24, 2.45) is 0 Å². The van der Waals surface area contributed by atoms with Crippen LogP contribution in [0.3, 0.4) is 0 Å². The fourth-order valence-corrected chi connectivity index (χ4v) is 2.16. The van der Waals surface area contributed by atoms with Crippen LogP contribution in [0.5, 0.6) is 0 Å². The first kappa shape index (κ1) is 10.8. The van der Waals surface area contributed by atoms with Crippen LogP contribution >= 0.6 is 0 Å². The summed E-state index contributed by atoms with van der Waals surface area (Å²) in [6.45, 7) is 2.81. The van der Waals surface area contributed by atoms with Crippen molar-refractivity contribution in [1.29, 1.82) is 0 Å². The third-order valence-electron chi connectivity index (χ3n) is 3.06. The van der Waals surface area contributed by atoms with Gasteiger partial charge in [-0.2, -0.15) is 4.79 Å². The summed E-state index contributed by atoms with van der Waals surface area (Å²) in [6, 6.07) is 6.25. The van der Waals surface area contributed by atoms with Crippen molar-refractivity contribution in [2.75, 3.05) is 11.6 Å². The lowest BCUT2D eigenvalue weighted by Crippen LogP contribution is -2.28. The van der Waals surface area contributed by atoms with Gasteiger partial charge in [-0.15, -0.1) is 5.10 Å². The smallest absolute Gasteiger partial charge is 0.358 e. The van der Waals surface area contributed by atoms with Crippen LogP contribution in [0.1, 0.15) is 21.6 Å². The maximum Gasteiger partial charge on any atom is 0.358 e. The number of hydrogen-bond donors (Lipinski definition) is 1. The molecule has 6 nitrogen and oxygen atoms in total. The number of hydrogen-bond acceptors (Lipinski definition) is 4. The van der Waals surface area contributed by atoms with E-state index >= 15 is 0 Å². The van der Waals surface area contributed by atoms with E-state index in [2.05, 4.69) is 28.5 Å². The van der Waals surface area contributed by atoms with Crippen molar-refractivity contribution in [1.82, 2.24) is 15.1 Å². The van der Waals surface area contributed by atoms with Gasteiger partial charge in [-0.25, -0.2) is 4.79 Å². The van der Waals surface area contributed by atoms with Crippen molar-refractivity contribution in [3.63, 3.8) is 0 Å². The number of nitrogens with zero attached hydrogens (tertiary/aromatic N) is 4. The second-order valence-corrected chi connectivity index (χ2v) is 4.33. The molecule has 18 heavy (non-hydrogen) atoms. The van der Waals surface area contributed by atoms with E-state index in [-0.39, 0.29) is 5.69 Å². The highest BCUT2D eigenvalue weighted by molar-refractivity contribution is 5.84. The molecule has 0 atom stereocenters. The molecule has 0 spiro atoms. The molecule has 1 aromatic carbocycles. The molecule has 0 unspecified atom stereocenters. The number of anilines is 1. The van der Waals surface area contributed by atoms with E-state index < -0.39 is 5.97 Å². The number of aryl methyl sites for hydroxylation is 1. The minimum atomic E-state index is -1.06. The molecule has 0 bridgehead atoms. The van der Waals surface area contributed by atoms with Gasteiger partial charge in [0.15, 0.2) is 5.69 Å². The second kappa shape index (κ2) is 3.83. The van der Waals surface area contributed by atoms with Gasteiger partial charge >= 0.3 is 5.97 Å². The highest BCUT2D eigenvalue weighted by Gasteiger charge is 2.22. The number of carbonyl (C=O) groups is 1. The highest BCUT2D eigenvalue weighted by atomic mass is 16.4. The summed E-state index contributed by atoms with van der Waals surface area (Å²) in [7, 11) is 0. The molecule has 0 amide bonds. The number of aromatic carboxylic acids is 1. The average Bonchev–Trinajstić information content (AvgIpc) is 2.93. The van der Waals surface area contributed by atoms with Crippen LogP contribution in [-0.4, -0.2) is 32.7 Å². The monoisotopic (exact) mass is 244 g/mol. The Labute approximate surface area is 103 Å². The van der Waals surface area contributed by atoms with Gasteiger partial charge in [-0.1, -0.05) is 12.1 Å². The number of rotatable bonds is 2. The Hall–Kier alpha value is -2.37. The zero-order chi connectivity index (χ0) is 12.7. The minimum Gasteiger partial charge on any atom is -0.476 e. The molecule has 6 heteroatoms. The van der Waals surface area contributed by atoms with Crippen LogP contribution in [0, 0.1) is 6.92 Å². The molecular formula is C12H12N4O2. The van der Waals surface area contributed by atoms with Crippen LogP contribution < -0.4 is 5.01 Å². The lowest BCUT2D eigenvalue weighted by molar-refractivity contribution is 0.0690. The summed E-state index contributed by atoms with van der Waals surface area (Å²) in [5.41, 5.74) is 3.43. The van der Waals surface area contributed by atoms with Crippen molar-refractivity contribution in [3.05, 3.63) is 41.2 Å². The molecule has 1 aliphatic rings. The maximum atomic E-state index is 10.8. The van der Waals surface area contributed by atoms with E-state index in [9.17, 15) is 4.79 Å². The molecule has 0 saturated carbocycles. The summed E-state index contributed by atoms with van der Waals surface area (Å²) >= 11 is 0. The van der Waals surface area contributed by atoms with E-state index in [1.807, 2.05) is 11.9 Å². The van der Waals surface area contributed by atoms with Gasteiger partial charge in [-0.3, -0.25) is 5.01 Å². The van der Waals surface area contributed by atoms with Gasteiger partial charge in [0.1, 0.15) is 0 Å². The zero-order valence-electron chi connectivity index (χ0n) is 9.87. The zero-order valence-corrected chi connectivity index (χ0v) is 9.87. The first-order chi connectivity index (χ1) is 8.65. The van der Waals surface area contributed by atoms with Crippen LogP contribution in [0.4, 0.5) is 5.69 Å². The van der Waals surface area contributed by atoms with Crippen LogP contribution in [0.25, 0.3) is 0 Å². The van der Waals surface area contributed by atoms with Gasteiger partial charge in [0.2, 0.25) is 0 Å². The molecule has 92 valence electrons. The van der Waals surface area contributed by atoms with E-state index in [1.165, 1.54) is 22.1 Å². The molecule has 2 heterocycles. The van der Waals surface area contributed by atoms with Crippen molar-refractivity contribution in [3.8, 4) is 0 Å². The maximum absolute atomic E-state index is 10.8. The van der Waals surface area contributed by atoms with Crippen molar-refractivity contribution >= 4 is 11.7 Å². The summed E-state index contributed by atoms with van der Waals surface area (Å²) in [4.78, 5) is 12.3. The predicted molar refractivity (Wildman–Crippen MR) is 64.6 cm³/mol. The van der Waals surface area contributed by atoms with Crippen molar-refractivity contribution < 1.29 is 9.90 Å². The minimum absolute atomic E-state index is 0.0453. The van der Waals surface area contributed by atoms with E-state index in [0.717, 1.165) is 18.7 Å². The van der Waals surface area contributed by atoms with Crippen LogP contribution in [-0.2, 0) is 6.42 Å². The quantitative estimate of drug-likeness (QED) is 0.856. The van der Waals surface area contributed by atoms with Gasteiger partial charge in [0.05, 0.1) is 11.9 Å². The molecule has 1 aliphatic heterocycles. The van der Waals surface area contributed by atoms with Crippen LogP contribution in [0.15, 0.2) is 24.4 Å². The largest absolute Gasteiger partial charge is 0.476 e. The summed E-state index contributed by atoms with van der Waals surface area (Å²) in [5.74, 6) is -1.06. The number of carboxylic acids is 1. The Kier molecular flexibility index (Phi) is 2.29. The molecule has 1 aromatic heterocycles. The van der Waals surface area contributed by atoms with Crippen molar-refractivity contribution in [2.45, 2.75) is 13.3 Å². The summed E-state index contributed by atoms with van der Waals surface area (Å²) < 4.78 is 0. The first-order valence-corrected chi connectivity index (χ1v) is 5.68. The predicted octanol–water partition coefficient (Wildman–Crippen LogP) is 1.11. The molecule has 0 saturated heterocycles. The second-order valence-electron chi connectivity index (χ2n) is 4.33. The topological polar surface area (TPSA) is 71.2 Å². The molecule has 0 fully saturated rings. The SMILES string of the molecule is Cc1ccc2c(c1)N(n1cc(C(=O)O)nn1)CC2. The van der Waals surface area contributed by atoms with E-state index in [1.54, 1.807) is 0 Å². The third-order valence-corrected chi connectivity index (χ3v) is 3.06. The average molecular weight is 244 g/mol.